The molecule has 0 aliphatic heterocycles. The molecule has 0 heterocycles. The largest absolute Gasteiger partial charge is 0.379 e. The van der Waals surface area contributed by atoms with Crippen LogP contribution in [0.25, 0.3) is 0 Å². The van der Waals surface area contributed by atoms with Gasteiger partial charge in [0.2, 0.25) is 0 Å². The summed E-state index contributed by atoms with van der Waals surface area (Å²) in [5, 5.41) is 3.62. The van der Waals surface area contributed by atoms with Crippen molar-refractivity contribution in [2.24, 2.45) is 5.92 Å². The van der Waals surface area contributed by atoms with E-state index >= 15 is 0 Å². The van der Waals surface area contributed by atoms with Gasteiger partial charge in [0.05, 0.1) is 19.8 Å². The molecule has 0 bridgehead atoms. The molecule has 0 aromatic heterocycles. The Morgan fingerprint density at radius 1 is 1.05 bits per heavy atom. The van der Waals surface area contributed by atoms with Gasteiger partial charge < -0.3 is 19.7 Å². The maximum Gasteiger partial charge on any atom is 0.0701 e. The molecular formula is C15H32N2O2. The molecule has 0 radical (unpaired) electrons. The maximum atomic E-state index is 5.57. The fourth-order valence-electron chi connectivity index (χ4n) is 2.27. The molecular weight excluding hydrogens is 240 g/mol. The van der Waals surface area contributed by atoms with Crippen LogP contribution in [0.5, 0.6) is 0 Å². The highest BCUT2D eigenvalue weighted by atomic mass is 16.5. The number of ether oxygens (including phenoxy) is 2. The fourth-order valence-corrected chi connectivity index (χ4v) is 2.27. The molecule has 0 spiro atoms. The molecule has 1 N–H and O–H groups in total. The Kier molecular flexibility index (Phi) is 7.91. The van der Waals surface area contributed by atoms with E-state index in [4.69, 9.17) is 9.47 Å². The highest BCUT2D eigenvalue weighted by molar-refractivity contribution is 5.03. The van der Waals surface area contributed by atoms with Crippen molar-refractivity contribution in [3.05, 3.63) is 0 Å². The number of nitrogens with zero attached hydrogens (tertiary/aromatic N) is 1. The van der Waals surface area contributed by atoms with Crippen molar-refractivity contribution < 1.29 is 9.47 Å². The molecule has 1 rings (SSSR count). The van der Waals surface area contributed by atoms with Gasteiger partial charge in [0.15, 0.2) is 0 Å². The molecule has 4 nitrogen and oxygen atoms in total. The van der Waals surface area contributed by atoms with E-state index in [0.29, 0.717) is 18.8 Å². The number of hydrogen-bond acceptors (Lipinski definition) is 4. The van der Waals surface area contributed by atoms with Crippen molar-refractivity contribution in [2.75, 3.05) is 53.6 Å². The van der Waals surface area contributed by atoms with E-state index < -0.39 is 0 Å². The van der Waals surface area contributed by atoms with Gasteiger partial charge in [0.25, 0.3) is 0 Å². The summed E-state index contributed by atoms with van der Waals surface area (Å²) in [5.74, 6) is 0.729. The third kappa shape index (κ3) is 7.25. The van der Waals surface area contributed by atoms with Crippen molar-refractivity contribution in [3.63, 3.8) is 0 Å². The standard InChI is InChI=1S/C15H32N2O2/c1-14(2)15(6-7-15)16-8-11-19-13-12-18-10-5-9-17(3)4/h14,16H,5-13H2,1-4H3. The molecule has 0 atom stereocenters. The number of hydrogen-bond donors (Lipinski definition) is 1. The monoisotopic (exact) mass is 272 g/mol. The molecule has 0 amide bonds. The Balaban J connectivity index is 1.79. The predicted molar refractivity (Wildman–Crippen MR) is 79.6 cm³/mol. The summed E-state index contributed by atoms with van der Waals surface area (Å²) in [7, 11) is 4.17. The summed E-state index contributed by atoms with van der Waals surface area (Å²) >= 11 is 0. The van der Waals surface area contributed by atoms with Crippen LogP contribution in [0.1, 0.15) is 33.1 Å². The Morgan fingerprint density at radius 3 is 2.21 bits per heavy atom. The van der Waals surface area contributed by atoms with Crippen LogP contribution in [0.2, 0.25) is 0 Å². The lowest BCUT2D eigenvalue weighted by atomic mass is 10.0. The Morgan fingerprint density at radius 2 is 1.68 bits per heavy atom. The molecule has 1 aliphatic carbocycles. The normalized spacial score (nSPS) is 17.4. The topological polar surface area (TPSA) is 33.7 Å². The van der Waals surface area contributed by atoms with E-state index in [9.17, 15) is 0 Å². The molecule has 114 valence electrons. The molecule has 0 aromatic rings. The molecule has 19 heavy (non-hydrogen) atoms. The molecule has 0 aromatic carbocycles. The first-order valence-corrected chi connectivity index (χ1v) is 7.62. The maximum absolute atomic E-state index is 5.57. The Labute approximate surface area is 118 Å². The summed E-state index contributed by atoms with van der Waals surface area (Å²) < 4.78 is 11.1. The smallest absolute Gasteiger partial charge is 0.0701 e. The van der Waals surface area contributed by atoms with Crippen molar-refractivity contribution in [1.82, 2.24) is 10.2 Å². The van der Waals surface area contributed by atoms with E-state index in [1.54, 1.807) is 0 Å². The third-order valence-electron chi connectivity index (χ3n) is 3.88. The van der Waals surface area contributed by atoms with Gasteiger partial charge in [-0.3, -0.25) is 0 Å². The van der Waals surface area contributed by atoms with Gasteiger partial charge in [-0.1, -0.05) is 13.8 Å². The Bertz CT molecular complexity index is 228. The van der Waals surface area contributed by atoms with Gasteiger partial charge in [-0.25, -0.2) is 0 Å². The average molecular weight is 272 g/mol. The lowest BCUT2D eigenvalue weighted by molar-refractivity contribution is 0.0451. The first kappa shape index (κ1) is 16.9. The van der Waals surface area contributed by atoms with Crippen LogP contribution in [0.4, 0.5) is 0 Å². The zero-order valence-electron chi connectivity index (χ0n) is 13.2. The molecule has 1 saturated carbocycles. The van der Waals surface area contributed by atoms with Crippen LogP contribution in [-0.4, -0.2) is 64.1 Å². The molecule has 1 fully saturated rings. The molecule has 0 saturated heterocycles. The third-order valence-corrected chi connectivity index (χ3v) is 3.88. The zero-order valence-corrected chi connectivity index (χ0v) is 13.2. The summed E-state index contributed by atoms with van der Waals surface area (Å²) in [4.78, 5) is 2.17. The summed E-state index contributed by atoms with van der Waals surface area (Å²) in [5.41, 5.74) is 0.423. The van der Waals surface area contributed by atoms with Gasteiger partial charge in [-0.05, 0) is 45.8 Å². The van der Waals surface area contributed by atoms with E-state index in [0.717, 1.165) is 38.6 Å². The van der Waals surface area contributed by atoms with Crippen molar-refractivity contribution >= 4 is 0 Å². The average Bonchev–Trinajstić information content (AvgIpc) is 3.12. The number of rotatable bonds is 12. The van der Waals surface area contributed by atoms with E-state index in [1.807, 2.05) is 0 Å². The lowest BCUT2D eigenvalue weighted by Gasteiger charge is -2.21. The SMILES string of the molecule is CC(C)C1(NCCOCCOCCCN(C)C)CC1. The van der Waals surface area contributed by atoms with E-state index in [2.05, 4.69) is 38.2 Å². The number of nitrogens with one attached hydrogen (secondary N) is 1. The second kappa shape index (κ2) is 8.90. The van der Waals surface area contributed by atoms with Crippen molar-refractivity contribution in [2.45, 2.75) is 38.6 Å². The minimum Gasteiger partial charge on any atom is -0.379 e. The van der Waals surface area contributed by atoms with Crippen LogP contribution in [0.3, 0.4) is 0 Å². The first-order chi connectivity index (χ1) is 9.07. The van der Waals surface area contributed by atoms with Crippen LogP contribution in [0.15, 0.2) is 0 Å². The van der Waals surface area contributed by atoms with Crippen LogP contribution < -0.4 is 5.32 Å². The van der Waals surface area contributed by atoms with E-state index in [1.165, 1.54) is 12.8 Å². The van der Waals surface area contributed by atoms with E-state index in [-0.39, 0.29) is 0 Å². The highest BCUT2D eigenvalue weighted by Crippen LogP contribution is 2.41. The summed E-state index contributed by atoms with van der Waals surface area (Å²) in [6, 6.07) is 0. The first-order valence-electron chi connectivity index (χ1n) is 7.62. The van der Waals surface area contributed by atoms with Gasteiger partial charge in [0, 0.05) is 18.7 Å². The highest BCUT2D eigenvalue weighted by Gasteiger charge is 2.44. The second-order valence-corrected chi connectivity index (χ2v) is 6.12. The van der Waals surface area contributed by atoms with Crippen molar-refractivity contribution in [3.8, 4) is 0 Å². The predicted octanol–water partition coefficient (Wildman–Crippen LogP) is 1.75. The second-order valence-electron chi connectivity index (χ2n) is 6.12. The van der Waals surface area contributed by atoms with Crippen molar-refractivity contribution in [1.29, 1.82) is 0 Å². The molecule has 0 unspecified atom stereocenters. The molecule has 1 aliphatic rings. The molecule has 4 heteroatoms. The zero-order chi connectivity index (χ0) is 14.1. The van der Waals surface area contributed by atoms with Gasteiger partial charge in [0.1, 0.15) is 0 Å². The van der Waals surface area contributed by atoms with Gasteiger partial charge in [-0.2, -0.15) is 0 Å². The van der Waals surface area contributed by atoms with Gasteiger partial charge in [-0.15, -0.1) is 0 Å². The minimum absolute atomic E-state index is 0.423. The van der Waals surface area contributed by atoms with Crippen LogP contribution >= 0.6 is 0 Å². The Hall–Kier alpha value is -0.160. The summed E-state index contributed by atoms with van der Waals surface area (Å²) in [6.07, 6.45) is 3.73. The van der Waals surface area contributed by atoms with Crippen LogP contribution in [-0.2, 0) is 9.47 Å². The summed E-state index contributed by atoms with van der Waals surface area (Å²) in [6.45, 7) is 9.67. The quantitative estimate of drug-likeness (QED) is 0.549. The fraction of sp³-hybridized carbons (Fsp3) is 1.00. The lowest BCUT2D eigenvalue weighted by Crippen LogP contribution is -2.38. The van der Waals surface area contributed by atoms with Crippen LogP contribution in [0, 0.1) is 5.92 Å². The minimum atomic E-state index is 0.423. The van der Waals surface area contributed by atoms with Gasteiger partial charge >= 0.3 is 0 Å².